The van der Waals surface area contributed by atoms with Crippen molar-refractivity contribution < 1.29 is 19.4 Å². The molecule has 0 bridgehead atoms. The van der Waals surface area contributed by atoms with Gasteiger partial charge in [-0.15, -0.1) is 0 Å². The lowest BCUT2D eigenvalue weighted by Gasteiger charge is -2.37. The first kappa shape index (κ1) is 22.0. The summed E-state index contributed by atoms with van der Waals surface area (Å²) in [5, 5.41) is 9.61. The molecule has 156 valence electrons. The number of nitrogens with zero attached hydrogens (tertiary/aromatic N) is 3. The highest BCUT2D eigenvalue weighted by Crippen LogP contribution is 2.27. The van der Waals surface area contributed by atoms with Crippen molar-refractivity contribution in [2.24, 2.45) is 5.41 Å². The zero-order chi connectivity index (χ0) is 20.2. The summed E-state index contributed by atoms with van der Waals surface area (Å²) in [5.41, 5.74) is -0.539. The van der Waals surface area contributed by atoms with Crippen LogP contribution in [-0.2, 0) is 9.53 Å². The van der Waals surface area contributed by atoms with Gasteiger partial charge in [0, 0.05) is 45.7 Å². The largest absolute Gasteiger partial charge is 0.444 e. The maximum atomic E-state index is 12.4. The number of aliphatic hydroxyl groups is 1. The molecule has 0 aromatic carbocycles. The molecule has 0 saturated carbocycles. The number of hydrogen-bond donors (Lipinski definition) is 1. The highest BCUT2D eigenvalue weighted by molar-refractivity contribution is 5.77. The first-order valence-electron chi connectivity index (χ1n) is 10.1. The third-order valence-electron chi connectivity index (χ3n) is 5.27. The van der Waals surface area contributed by atoms with E-state index in [2.05, 4.69) is 18.7 Å². The second-order valence-electron chi connectivity index (χ2n) is 9.68. The summed E-state index contributed by atoms with van der Waals surface area (Å²) in [6.45, 7) is 15.0. The summed E-state index contributed by atoms with van der Waals surface area (Å²) < 4.78 is 5.44. The van der Waals surface area contributed by atoms with Crippen LogP contribution in [0.1, 0.15) is 53.9 Å². The molecule has 2 saturated heterocycles. The molecule has 1 unspecified atom stereocenters. The first-order valence-corrected chi connectivity index (χ1v) is 10.1. The van der Waals surface area contributed by atoms with E-state index in [1.54, 1.807) is 9.80 Å². The van der Waals surface area contributed by atoms with Gasteiger partial charge in [-0.1, -0.05) is 13.8 Å². The molecule has 7 heteroatoms. The standard InChI is InChI=1S/C20H37N3O4/c1-19(2,3)27-18(26)22-12-10-21(11-13-22)9-7-20(4,5)14-17(25)23-8-6-16(24)15-23/h16,24H,6-15H2,1-5H3. The van der Waals surface area contributed by atoms with Crippen molar-refractivity contribution in [1.29, 1.82) is 0 Å². The van der Waals surface area contributed by atoms with E-state index in [9.17, 15) is 14.7 Å². The Kier molecular flexibility index (Phi) is 7.14. The number of likely N-dealkylation sites (tertiary alicyclic amines) is 1. The van der Waals surface area contributed by atoms with E-state index in [1.807, 2.05) is 20.8 Å². The third kappa shape index (κ3) is 7.30. The van der Waals surface area contributed by atoms with Crippen LogP contribution in [0.3, 0.4) is 0 Å². The Balaban J connectivity index is 1.70. The molecule has 2 amide bonds. The van der Waals surface area contributed by atoms with Crippen molar-refractivity contribution in [3.05, 3.63) is 0 Å². The highest BCUT2D eigenvalue weighted by atomic mass is 16.6. The minimum absolute atomic E-state index is 0.0765. The summed E-state index contributed by atoms with van der Waals surface area (Å²) in [5.74, 6) is 0.145. The lowest BCUT2D eigenvalue weighted by Crippen LogP contribution is -2.50. The molecule has 27 heavy (non-hydrogen) atoms. The smallest absolute Gasteiger partial charge is 0.410 e. The molecule has 0 aromatic heterocycles. The minimum atomic E-state index is -0.462. The van der Waals surface area contributed by atoms with E-state index < -0.39 is 5.60 Å². The summed E-state index contributed by atoms with van der Waals surface area (Å²) in [6, 6.07) is 0. The SMILES string of the molecule is CC(C)(CCN1CCN(C(=O)OC(C)(C)C)CC1)CC(=O)N1CCC(O)C1. The van der Waals surface area contributed by atoms with Gasteiger partial charge in [-0.05, 0) is 45.6 Å². The van der Waals surface area contributed by atoms with Crippen molar-refractivity contribution >= 4 is 12.0 Å². The Hall–Kier alpha value is -1.34. The summed E-state index contributed by atoms with van der Waals surface area (Å²) in [7, 11) is 0. The van der Waals surface area contributed by atoms with Gasteiger partial charge in [0.25, 0.3) is 0 Å². The Morgan fingerprint density at radius 3 is 2.15 bits per heavy atom. The average Bonchev–Trinajstić information content (AvgIpc) is 2.98. The predicted molar refractivity (Wildman–Crippen MR) is 104 cm³/mol. The van der Waals surface area contributed by atoms with Gasteiger partial charge in [-0.2, -0.15) is 0 Å². The van der Waals surface area contributed by atoms with Gasteiger partial charge in [-0.3, -0.25) is 9.69 Å². The van der Waals surface area contributed by atoms with Crippen LogP contribution in [0.2, 0.25) is 0 Å². The van der Waals surface area contributed by atoms with Crippen molar-refractivity contribution in [1.82, 2.24) is 14.7 Å². The van der Waals surface area contributed by atoms with Crippen LogP contribution in [0.5, 0.6) is 0 Å². The van der Waals surface area contributed by atoms with Gasteiger partial charge in [-0.25, -0.2) is 4.79 Å². The summed E-state index contributed by atoms with van der Waals surface area (Å²) in [6.07, 6.45) is 1.53. The molecule has 2 rings (SSSR count). The van der Waals surface area contributed by atoms with Crippen molar-refractivity contribution in [2.75, 3.05) is 45.8 Å². The van der Waals surface area contributed by atoms with Crippen LogP contribution in [0.15, 0.2) is 0 Å². The number of rotatable bonds is 5. The van der Waals surface area contributed by atoms with Crippen LogP contribution in [0.25, 0.3) is 0 Å². The van der Waals surface area contributed by atoms with Crippen molar-refractivity contribution in [2.45, 2.75) is 65.6 Å². The fraction of sp³-hybridized carbons (Fsp3) is 0.900. The molecular formula is C20H37N3O4. The van der Waals surface area contributed by atoms with Crippen LogP contribution < -0.4 is 0 Å². The number of aliphatic hydroxyl groups excluding tert-OH is 1. The Labute approximate surface area is 163 Å². The normalized spacial score (nSPS) is 22.2. The Bertz CT molecular complexity index is 522. The second-order valence-corrected chi connectivity index (χ2v) is 9.68. The van der Waals surface area contributed by atoms with Gasteiger partial charge >= 0.3 is 6.09 Å². The van der Waals surface area contributed by atoms with Crippen LogP contribution in [0, 0.1) is 5.41 Å². The maximum Gasteiger partial charge on any atom is 0.410 e. The molecule has 2 fully saturated rings. The first-order chi connectivity index (χ1) is 12.5. The molecule has 2 heterocycles. The number of amides is 2. The number of carbonyl (C=O) groups is 2. The lowest BCUT2D eigenvalue weighted by molar-refractivity contribution is -0.132. The molecule has 2 aliphatic rings. The average molecular weight is 384 g/mol. The molecule has 1 N–H and O–H groups in total. The maximum absolute atomic E-state index is 12.4. The van der Waals surface area contributed by atoms with Gasteiger partial charge in [0.2, 0.25) is 5.91 Å². The number of piperazine rings is 1. The van der Waals surface area contributed by atoms with Gasteiger partial charge in [0.05, 0.1) is 6.10 Å². The molecular weight excluding hydrogens is 346 g/mol. The zero-order valence-electron chi connectivity index (χ0n) is 17.7. The molecule has 0 aliphatic carbocycles. The molecule has 2 aliphatic heterocycles. The second kappa shape index (κ2) is 8.78. The number of β-amino-alcohol motifs (C(OH)–C–C–N with tert-alkyl or cyclic N) is 1. The lowest BCUT2D eigenvalue weighted by atomic mass is 9.85. The van der Waals surface area contributed by atoms with E-state index in [0.29, 0.717) is 39.0 Å². The molecule has 0 spiro atoms. The van der Waals surface area contributed by atoms with E-state index >= 15 is 0 Å². The minimum Gasteiger partial charge on any atom is -0.444 e. The van der Waals surface area contributed by atoms with E-state index in [-0.39, 0.29) is 23.5 Å². The van der Waals surface area contributed by atoms with Gasteiger partial charge in [0.1, 0.15) is 5.60 Å². The van der Waals surface area contributed by atoms with Gasteiger partial charge in [0.15, 0.2) is 0 Å². The fourth-order valence-electron chi connectivity index (χ4n) is 3.52. The van der Waals surface area contributed by atoms with E-state index in [0.717, 1.165) is 26.1 Å². The van der Waals surface area contributed by atoms with E-state index in [1.165, 1.54) is 0 Å². The van der Waals surface area contributed by atoms with Crippen LogP contribution >= 0.6 is 0 Å². The quantitative estimate of drug-likeness (QED) is 0.785. The van der Waals surface area contributed by atoms with Gasteiger partial charge < -0.3 is 19.6 Å². The van der Waals surface area contributed by atoms with Crippen LogP contribution in [0.4, 0.5) is 4.79 Å². The molecule has 7 nitrogen and oxygen atoms in total. The third-order valence-corrected chi connectivity index (χ3v) is 5.27. The van der Waals surface area contributed by atoms with Crippen molar-refractivity contribution in [3.8, 4) is 0 Å². The molecule has 0 radical (unpaired) electrons. The zero-order valence-corrected chi connectivity index (χ0v) is 17.7. The molecule has 0 aromatic rings. The number of ether oxygens (including phenoxy) is 1. The number of carbonyl (C=O) groups excluding carboxylic acids is 2. The van der Waals surface area contributed by atoms with Crippen molar-refractivity contribution in [3.63, 3.8) is 0 Å². The Morgan fingerprint density at radius 2 is 1.63 bits per heavy atom. The summed E-state index contributed by atoms with van der Waals surface area (Å²) >= 11 is 0. The van der Waals surface area contributed by atoms with E-state index in [4.69, 9.17) is 4.74 Å². The summed E-state index contributed by atoms with van der Waals surface area (Å²) in [4.78, 5) is 30.5. The Morgan fingerprint density at radius 1 is 1.00 bits per heavy atom. The predicted octanol–water partition coefficient (Wildman–Crippen LogP) is 1.94. The topological polar surface area (TPSA) is 73.3 Å². The number of hydrogen-bond acceptors (Lipinski definition) is 5. The van der Waals surface area contributed by atoms with Crippen LogP contribution in [-0.4, -0.2) is 89.3 Å². The monoisotopic (exact) mass is 383 g/mol. The highest BCUT2D eigenvalue weighted by Gasteiger charge is 2.31. The molecule has 1 atom stereocenters. The fourth-order valence-corrected chi connectivity index (χ4v) is 3.52.